The van der Waals surface area contributed by atoms with Crippen LogP contribution in [0.15, 0.2) is 24.3 Å². The molecule has 2 unspecified atom stereocenters. The van der Waals surface area contributed by atoms with Crippen LogP contribution < -0.4 is 10.5 Å². The molecule has 0 bridgehead atoms. The third-order valence-electron chi connectivity index (χ3n) is 4.05. The van der Waals surface area contributed by atoms with Gasteiger partial charge in [-0.1, -0.05) is 6.92 Å². The zero-order chi connectivity index (χ0) is 15.2. The van der Waals surface area contributed by atoms with E-state index in [-0.39, 0.29) is 0 Å². The van der Waals surface area contributed by atoms with Crippen molar-refractivity contribution in [2.24, 2.45) is 0 Å². The summed E-state index contributed by atoms with van der Waals surface area (Å²) in [6.45, 7) is 9.60. The van der Waals surface area contributed by atoms with Crippen molar-refractivity contribution in [1.29, 1.82) is 0 Å². The van der Waals surface area contributed by atoms with Gasteiger partial charge in [-0.25, -0.2) is 0 Å². The summed E-state index contributed by atoms with van der Waals surface area (Å²) in [5.74, 6) is 0.743. The molecule has 0 amide bonds. The summed E-state index contributed by atoms with van der Waals surface area (Å²) in [7, 11) is 0. The van der Waals surface area contributed by atoms with Gasteiger partial charge in [0.25, 0.3) is 0 Å². The minimum atomic E-state index is -0.470. The molecule has 1 fully saturated rings. The molecule has 0 spiro atoms. The normalized spacial score (nSPS) is 22.1. The largest absolute Gasteiger partial charge is 0.491 e. The molecule has 0 aromatic heterocycles. The number of aliphatic hydroxyl groups excluding tert-OH is 1. The third-order valence-corrected chi connectivity index (χ3v) is 4.05. The van der Waals surface area contributed by atoms with Crippen LogP contribution in [0, 0.1) is 0 Å². The molecule has 1 aliphatic heterocycles. The highest BCUT2D eigenvalue weighted by atomic mass is 16.5. The predicted molar refractivity (Wildman–Crippen MR) is 85.5 cm³/mol. The molecule has 2 atom stereocenters. The first-order valence-electron chi connectivity index (χ1n) is 7.71. The maximum absolute atomic E-state index is 10.1. The standard InChI is InChI=1S/C16H27N3O2/c1-3-19-9-8-18(10-13(19)2)11-15(20)12-21-16-6-4-14(17)5-7-16/h4-7,13,15,20H,3,8-12,17H2,1-2H3. The highest BCUT2D eigenvalue weighted by Crippen LogP contribution is 2.14. The Bertz CT molecular complexity index is 424. The second kappa shape index (κ2) is 7.64. The van der Waals surface area contributed by atoms with E-state index in [1.807, 2.05) is 12.1 Å². The maximum atomic E-state index is 10.1. The number of nitrogen functional groups attached to an aromatic ring is 1. The van der Waals surface area contributed by atoms with Gasteiger partial charge in [-0.3, -0.25) is 9.80 Å². The Morgan fingerprint density at radius 3 is 2.67 bits per heavy atom. The van der Waals surface area contributed by atoms with Crippen molar-refractivity contribution in [3.05, 3.63) is 24.3 Å². The number of hydrogen-bond donors (Lipinski definition) is 2. The fraction of sp³-hybridized carbons (Fsp3) is 0.625. The maximum Gasteiger partial charge on any atom is 0.119 e. The summed E-state index contributed by atoms with van der Waals surface area (Å²) in [5, 5.41) is 10.1. The third kappa shape index (κ3) is 4.88. The Balaban J connectivity index is 1.72. The van der Waals surface area contributed by atoms with Gasteiger partial charge in [0.1, 0.15) is 18.5 Å². The smallest absolute Gasteiger partial charge is 0.119 e. The summed E-state index contributed by atoms with van der Waals surface area (Å²) in [5.41, 5.74) is 6.34. The first-order chi connectivity index (χ1) is 10.1. The molecule has 1 aliphatic rings. The van der Waals surface area contributed by atoms with Gasteiger partial charge in [-0.05, 0) is 37.7 Å². The quantitative estimate of drug-likeness (QED) is 0.767. The highest BCUT2D eigenvalue weighted by Gasteiger charge is 2.23. The number of nitrogens with zero attached hydrogens (tertiary/aromatic N) is 2. The van der Waals surface area contributed by atoms with Crippen LogP contribution in [0.4, 0.5) is 5.69 Å². The average Bonchev–Trinajstić information content (AvgIpc) is 2.47. The molecule has 0 saturated carbocycles. The predicted octanol–water partition coefficient (Wildman–Crippen LogP) is 1.03. The first-order valence-corrected chi connectivity index (χ1v) is 7.71. The number of hydrogen-bond acceptors (Lipinski definition) is 5. The molecule has 118 valence electrons. The Morgan fingerprint density at radius 2 is 2.05 bits per heavy atom. The average molecular weight is 293 g/mol. The Hall–Kier alpha value is -1.30. The van der Waals surface area contributed by atoms with Crippen molar-refractivity contribution in [2.45, 2.75) is 26.0 Å². The summed E-state index contributed by atoms with van der Waals surface area (Å²) >= 11 is 0. The number of β-amino-alcohol motifs (C(OH)–C–C–N with tert-alkyl or cyclic N) is 1. The van der Waals surface area contributed by atoms with Gasteiger partial charge in [-0.15, -0.1) is 0 Å². The topological polar surface area (TPSA) is 62.0 Å². The Kier molecular flexibility index (Phi) is 5.85. The van der Waals surface area contributed by atoms with Crippen molar-refractivity contribution in [1.82, 2.24) is 9.80 Å². The fourth-order valence-corrected chi connectivity index (χ4v) is 2.81. The summed E-state index contributed by atoms with van der Waals surface area (Å²) in [6.07, 6.45) is -0.470. The van der Waals surface area contributed by atoms with E-state index >= 15 is 0 Å². The lowest BCUT2D eigenvalue weighted by Gasteiger charge is -2.39. The van der Waals surface area contributed by atoms with E-state index in [1.165, 1.54) is 0 Å². The van der Waals surface area contributed by atoms with Gasteiger partial charge in [0.05, 0.1) is 0 Å². The van der Waals surface area contributed by atoms with Crippen LogP contribution in [0.3, 0.4) is 0 Å². The van der Waals surface area contributed by atoms with E-state index in [0.717, 1.165) is 31.9 Å². The van der Waals surface area contributed by atoms with Crippen LogP contribution in [0.25, 0.3) is 0 Å². The first kappa shape index (κ1) is 16.1. The lowest BCUT2D eigenvalue weighted by Crippen LogP contribution is -2.53. The summed E-state index contributed by atoms with van der Waals surface area (Å²) < 4.78 is 5.59. The lowest BCUT2D eigenvalue weighted by atomic mass is 10.2. The van der Waals surface area contributed by atoms with E-state index in [0.29, 0.717) is 24.9 Å². The number of aliphatic hydroxyl groups is 1. The second-order valence-electron chi connectivity index (χ2n) is 5.77. The number of rotatable bonds is 6. The molecular weight excluding hydrogens is 266 g/mol. The van der Waals surface area contributed by atoms with Crippen molar-refractivity contribution < 1.29 is 9.84 Å². The number of nitrogens with two attached hydrogens (primary N) is 1. The molecule has 1 aromatic rings. The highest BCUT2D eigenvalue weighted by molar-refractivity contribution is 5.41. The summed E-state index contributed by atoms with van der Waals surface area (Å²) in [6, 6.07) is 7.80. The van der Waals surface area contributed by atoms with E-state index in [1.54, 1.807) is 12.1 Å². The van der Waals surface area contributed by atoms with Gasteiger partial charge >= 0.3 is 0 Å². The van der Waals surface area contributed by atoms with Crippen LogP contribution in [0.5, 0.6) is 5.75 Å². The zero-order valence-electron chi connectivity index (χ0n) is 13.0. The molecule has 0 radical (unpaired) electrons. The monoisotopic (exact) mass is 293 g/mol. The van der Waals surface area contributed by atoms with Gasteiger partial charge in [0.15, 0.2) is 0 Å². The summed E-state index contributed by atoms with van der Waals surface area (Å²) in [4.78, 5) is 4.78. The Labute approximate surface area is 127 Å². The van der Waals surface area contributed by atoms with Crippen molar-refractivity contribution in [2.75, 3.05) is 45.1 Å². The zero-order valence-corrected chi connectivity index (χ0v) is 13.0. The Morgan fingerprint density at radius 1 is 1.33 bits per heavy atom. The minimum Gasteiger partial charge on any atom is -0.491 e. The van der Waals surface area contributed by atoms with E-state index in [4.69, 9.17) is 10.5 Å². The molecule has 3 N–H and O–H groups in total. The van der Waals surface area contributed by atoms with Crippen LogP contribution in [-0.2, 0) is 0 Å². The van der Waals surface area contributed by atoms with Crippen LogP contribution in [0.2, 0.25) is 0 Å². The molecule has 1 heterocycles. The molecular formula is C16H27N3O2. The molecule has 0 aliphatic carbocycles. The van der Waals surface area contributed by atoms with Crippen LogP contribution in [0.1, 0.15) is 13.8 Å². The number of piperazine rings is 1. The molecule has 1 saturated heterocycles. The van der Waals surface area contributed by atoms with Gasteiger partial charge in [0.2, 0.25) is 0 Å². The number of benzene rings is 1. The minimum absolute atomic E-state index is 0.312. The van der Waals surface area contributed by atoms with E-state index in [2.05, 4.69) is 23.6 Å². The van der Waals surface area contributed by atoms with Gasteiger partial charge in [-0.2, -0.15) is 0 Å². The molecule has 5 heteroatoms. The molecule has 1 aromatic carbocycles. The van der Waals surface area contributed by atoms with Crippen LogP contribution in [-0.4, -0.2) is 66.4 Å². The van der Waals surface area contributed by atoms with Crippen molar-refractivity contribution in [3.63, 3.8) is 0 Å². The van der Waals surface area contributed by atoms with E-state index in [9.17, 15) is 5.11 Å². The van der Waals surface area contributed by atoms with Crippen molar-refractivity contribution >= 4 is 5.69 Å². The van der Waals surface area contributed by atoms with Gasteiger partial charge < -0.3 is 15.6 Å². The molecule has 2 rings (SSSR count). The molecule has 21 heavy (non-hydrogen) atoms. The second-order valence-corrected chi connectivity index (χ2v) is 5.77. The van der Waals surface area contributed by atoms with Gasteiger partial charge in [0, 0.05) is 37.9 Å². The van der Waals surface area contributed by atoms with Crippen LogP contribution >= 0.6 is 0 Å². The number of likely N-dealkylation sites (N-methyl/N-ethyl adjacent to an activating group) is 1. The van der Waals surface area contributed by atoms with Crippen molar-refractivity contribution in [3.8, 4) is 5.75 Å². The molecule has 5 nitrogen and oxygen atoms in total. The SMILES string of the molecule is CCN1CCN(CC(O)COc2ccc(N)cc2)CC1C. The van der Waals surface area contributed by atoms with E-state index < -0.39 is 6.10 Å². The number of ether oxygens (including phenoxy) is 1. The lowest BCUT2D eigenvalue weighted by molar-refractivity contribution is 0.0298. The fourth-order valence-electron chi connectivity index (χ4n) is 2.81. The number of anilines is 1.